The Morgan fingerprint density at radius 1 is 1.04 bits per heavy atom. The Bertz CT molecular complexity index is 601. The molecule has 0 aliphatic carbocycles. The minimum Gasteiger partial charge on any atom is -0.493 e. The molecule has 4 heteroatoms. The van der Waals surface area contributed by atoms with Gasteiger partial charge in [-0.1, -0.05) is 36.4 Å². The van der Waals surface area contributed by atoms with Crippen LogP contribution in [0.5, 0.6) is 11.5 Å². The number of ether oxygens (including phenoxy) is 2. The van der Waals surface area contributed by atoms with Gasteiger partial charge in [0.05, 0.1) is 13.7 Å². The first-order valence-corrected chi connectivity index (χ1v) is 8.41. The Hall–Kier alpha value is -2.04. The lowest BCUT2D eigenvalue weighted by molar-refractivity contribution is 0.196. The van der Waals surface area contributed by atoms with Crippen LogP contribution in [0.2, 0.25) is 0 Å². The molecule has 0 fully saturated rings. The molecule has 0 aliphatic rings. The topological polar surface area (TPSA) is 50.7 Å². The van der Waals surface area contributed by atoms with Crippen molar-refractivity contribution in [2.45, 2.75) is 32.4 Å². The molecule has 0 aliphatic heterocycles. The predicted octanol–water partition coefficient (Wildman–Crippen LogP) is 3.18. The van der Waals surface area contributed by atoms with E-state index in [2.05, 4.69) is 36.5 Å². The summed E-state index contributed by atoms with van der Waals surface area (Å²) in [5, 5.41) is 12.4. The quantitative estimate of drug-likeness (QED) is 0.703. The van der Waals surface area contributed by atoms with Gasteiger partial charge in [-0.25, -0.2) is 0 Å². The van der Waals surface area contributed by atoms with Gasteiger partial charge in [-0.3, -0.25) is 0 Å². The summed E-state index contributed by atoms with van der Waals surface area (Å²) in [4.78, 5) is 0. The first-order valence-electron chi connectivity index (χ1n) is 8.41. The number of aryl methyl sites for hydroxylation is 1. The fourth-order valence-electron chi connectivity index (χ4n) is 2.52. The van der Waals surface area contributed by atoms with Gasteiger partial charge in [0.25, 0.3) is 0 Å². The van der Waals surface area contributed by atoms with E-state index in [1.165, 1.54) is 5.56 Å². The molecular weight excluding hydrogens is 302 g/mol. The molecule has 2 aromatic rings. The summed E-state index contributed by atoms with van der Waals surface area (Å²) >= 11 is 0. The van der Waals surface area contributed by atoms with E-state index in [4.69, 9.17) is 14.6 Å². The van der Waals surface area contributed by atoms with E-state index in [-0.39, 0.29) is 13.2 Å². The number of aliphatic hydroxyl groups excluding tert-OH is 1. The molecule has 0 saturated carbocycles. The molecule has 1 unspecified atom stereocenters. The summed E-state index contributed by atoms with van der Waals surface area (Å²) in [7, 11) is 1.63. The van der Waals surface area contributed by atoms with Gasteiger partial charge in [0.2, 0.25) is 0 Å². The molecule has 2 aromatic carbocycles. The van der Waals surface area contributed by atoms with Crippen molar-refractivity contribution < 1.29 is 14.6 Å². The molecule has 0 heterocycles. The van der Waals surface area contributed by atoms with Crippen molar-refractivity contribution in [3.05, 3.63) is 59.7 Å². The van der Waals surface area contributed by atoms with Crippen molar-refractivity contribution in [1.82, 2.24) is 5.32 Å². The van der Waals surface area contributed by atoms with Crippen LogP contribution in [0.3, 0.4) is 0 Å². The Labute approximate surface area is 144 Å². The van der Waals surface area contributed by atoms with E-state index in [0.717, 1.165) is 24.9 Å². The van der Waals surface area contributed by atoms with Gasteiger partial charge in [0.1, 0.15) is 6.61 Å². The summed E-state index contributed by atoms with van der Waals surface area (Å²) in [6.45, 7) is 3.25. The van der Waals surface area contributed by atoms with Crippen LogP contribution < -0.4 is 14.8 Å². The summed E-state index contributed by atoms with van der Waals surface area (Å²) in [5.74, 6) is 1.35. The van der Waals surface area contributed by atoms with Crippen molar-refractivity contribution >= 4 is 0 Å². The first-order chi connectivity index (χ1) is 11.7. The van der Waals surface area contributed by atoms with Gasteiger partial charge in [-0.05, 0) is 43.0 Å². The van der Waals surface area contributed by atoms with Crippen molar-refractivity contribution in [3.8, 4) is 11.5 Å². The van der Waals surface area contributed by atoms with E-state index >= 15 is 0 Å². The molecular formula is C20H27NO3. The summed E-state index contributed by atoms with van der Waals surface area (Å²) < 4.78 is 10.8. The fourth-order valence-corrected chi connectivity index (χ4v) is 2.52. The zero-order valence-corrected chi connectivity index (χ0v) is 14.5. The van der Waals surface area contributed by atoms with Crippen molar-refractivity contribution in [2.75, 3.05) is 20.3 Å². The van der Waals surface area contributed by atoms with Gasteiger partial charge in [-0.15, -0.1) is 0 Å². The molecule has 0 saturated heterocycles. The SMILES string of the molecule is COc1cc(CNC(C)CCc2ccccc2)ccc1OCCO. The second-order valence-corrected chi connectivity index (χ2v) is 5.86. The Balaban J connectivity index is 1.82. The van der Waals surface area contributed by atoms with E-state index in [1.54, 1.807) is 7.11 Å². The first kappa shape index (κ1) is 18.3. The highest BCUT2D eigenvalue weighted by Crippen LogP contribution is 2.28. The number of benzene rings is 2. The second kappa shape index (κ2) is 9.96. The minimum absolute atomic E-state index is 0.00854. The number of nitrogens with one attached hydrogen (secondary N) is 1. The maximum Gasteiger partial charge on any atom is 0.161 e. The zero-order chi connectivity index (χ0) is 17.2. The van der Waals surface area contributed by atoms with Crippen LogP contribution in [-0.4, -0.2) is 31.5 Å². The third kappa shape index (κ3) is 5.87. The molecule has 24 heavy (non-hydrogen) atoms. The molecule has 130 valence electrons. The molecule has 1 atom stereocenters. The minimum atomic E-state index is -0.00854. The van der Waals surface area contributed by atoms with Gasteiger partial charge in [0, 0.05) is 12.6 Å². The zero-order valence-electron chi connectivity index (χ0n) is 14.5. The Morgan fingerprint density at radius 2 is 1.83 bits per heavy atom. The van der Waals surface area contributed by atoms with Crippen molar-refractivity contribution in [3.63, 3.8) is 0 Å². The lowest BCUT2D eigenvalue weighted by Gasteiger charge is -2.15. The smallest absolute Gasteiger partial charge is 0.161 e. The van der Waals surface area contributed by atoms with E-state index < -0.39 is 0 Å². The third-order valence-corrected chi connectivity index (χ3v) is 3.94. The highest BCUT2D eigenvalue weighted by atomic mass is 16.5. The van der Waals surface area contributed by atoms with Crippen molar-refractivity contribution in [1.29, 1.82) is 0 Å². The largest absolute Gasteiger partial charge is 0.493 e. The van der Waals surface area contributed by atoms with Crippen molar-refractivity contribution in [2.24, 2.45) is 0 Å². The lowest BCUT2D eigenvalue weighted by atomic mass is 10.1. The van der Waals surface area contributed by atoms with Crippen LogP contribution in [0.4, 0.5) is 0 Å². The number of aliphatic hydroxyl groups is 1. The van der Waals surface area contributed by atoms with Gasteiger partial charge in [0.15, 0.2) is 11.5 Å². The van der Waals surface area contributed by atoms with Gasteiger partial charge < -0.3 is 19.9 Å². The lowest BCUT2D eigenvalue weighted by Crippen LogP contribution is -2.26. The normalized spacial score (nSPS) is 12.0. The highest BCUT2D eigenvalue weighted by molar-refractivity contribution is 5.43. The van der Waals surface area contributed by atoms with E-state index in [0.29, 0.717) is 17.5 Å². The molecule has 0 spiro atoms. The number of rotatable bonds is 10. The van der Waals surface area contributed by atoms with Crippen LogP contribution in [0.25, 0.3) is 0 Å². The Kier molecular flexibility index (Phi) is 7.59. The maximum absolute atomic E-state index is 8.85. The molecule has 4 nitrogen and oxygen atoms in total. The van der Waals surface area contributed by atoms with Crippen LogP contribution in [0, 0.1) is 0 Å². The molecule has 0 amide bonds. The van der Waals surface area contributed by atoms with Crippen LogP contribution in [0.1, 0.15) is 24.5 Å². The number of hydrogen-bond acceptors (Lipinski definition) is 4. The summed E-state index contributed by atoms with van der Waals surface area (Å²) in [6, 6.07) is 16.9. The number of methoxy groups -OCH3 is 1. The van der Waals surface area contributed by atoms with E-state index in [1.807, 2.05) is 24.3 Å². The average molecular weight is 329 g/mol. The Morgan fingerprint density at radius 3 is 2.54 bits per heavy atom. The number of hydrogen-bond donors (Lipinski definition) is 2. The highest BCUT2D eigenvalue weighted by Gasteiger charge is 2.07. The van der Waals surface area contributed by atoms with Crippen LogP contribution in [-0.2, 0) is 13.0 Å². The molecule has 0 radical (unpaired) electrons. The van der Waals surface area contributed by atoms with E-state index in [9.17, 15) is 0 Å². The van der Waals surface area contributed by atoms with Gasteiger partial charge >= 0.3 is 0 Å². The molecule has 0 aromatic heterocycles. The third-order valence-electron chi connectivity index (χ3n) is 3.94. The molecule has 0 bridgehead atoms. The monoisotopic (exact) mass is 329 g/mol. The summed E-state index contributed by atoms with van der Waals surface area (Å²) in [6.07, 6.45) is 2.17. The van der Waals surface area contributed by atoms with Crippen LogP contribution >= 0.6 is 0 Å². The fraction of sp³-hybridized carbons (Fsp3) is 0.400. The average Bonchev–Trinajstić information content (AvgIpc) is 2.64. The summed E-state index contributed by atoms with van der Waals surface area (Å²) in [5.41, 5.74) is 2.52. The standard InChI is InChI=1S/C20H27NO3/c1-16(8-9-17-6-4-3-5-7-17)21-15-18-10-11-19(24-13-12-22)20(14-18)23-2/h3-7,10-11,14,16,21-22H,8-9,12-13,15H2,1-2H3. The van der Waals surface area contributed by atoms with Crippen LogP contribution in [0.15, 0.2) is 48.5 Å². The predicted molar refractivity (Wildman–Crippen MR) is 96.6 cm³/mol. The maximum atomic E-state index is 8.85. The molecule has 2 rings (SSSR count). The van der Waals surface area contributed by atoms with Gasteiger partial charge in [-0.2, -0.15) is 0 Å². The molecule has 2 N–H and O–H groups in total. The second-order valence-electron chi connectivity index (χ2n) is 5.86.